The quantitative estimate of drug-likeness (QED) is 0.461. The molecule has 0 radical (unpaired) electrons. The van der Waals surface area contributed by atoms with Crippen molar-refractivity contribution >= 4 is 22.5 Å². The standard InChI is InChI=1S/C27H29N5/c1-20(2)22-18-26(32-25-11-7-6-10-24(25)29-27(32)23(22)19-28)31-16-14-30(15-17-31)13-12-21-8-4-3-5-9-21/h3-11,18,20H,12-17H2,1-2H3. The maximum Gasteiger partial charge on any atom is 0.157 e. The summed E-state index contributed by atoms with van der Waals surface area (Å²) in [6.07, 6.45) is 1.09. The molecule has 0 aliphatic carbocycles. The second kappa shape index (κ2) is 8.64. The Kier molecular flexibility index (Phi) is 5.55. The molecule has 3 heterocycles. The Balaban J connectivity index is 1.46. The molecule has 0 N–H and O–H groups in total. The van der Waals surface area contributed by atoms with Crippen LogP contribution < -0.4 is 4.90 Å². The number of nitriles is 1. The topological polar surface area (TPSA) is 47.6 Å². The molecule has 0 atom stereocenters. The van der Waals surface area contributed by atoms with Crippen molar-refractivity contribution in [3.05, 3.63) is 77.4 Å². The summed E-state index contributed by atoms with van der Waals surface area (Å²) in [5.41, 5.74) is 5.96. The third kappa shape index (κ3) is 3.72. The van der Waals surface area contributed by atoms with Crippen LogP contribution in [0.2, 0.25) is 0 Å². The maximum atomic E-state index is 9.96. The van der Waals surface area contributed by atoms with Gasteiger partial charge in [-0.3, -0.25) is 9.30 Å². The fourth-order valence-corrected chi connectivity index (χ4v) is 4.77. The largest absolute Gasteiger partial charge is 0.355 e. The Morgan fingerprint density at radius 1 is 0.969 bits per heavy atom. The second-order valence-corrected chi connectivity index (χ2v) is 8.92. The lowest BCUT2D eigenvalue weighted by Crippen LogP contribution is -2.47. The van der Waals surface area contributed by atoms with E-state index in [4.69, 9.17) is 4.98 Å². The third-order valence-corrected chi connectivity index (χ3v) is 6.58. The van der Waals surface area contributed by atoms with Crippen molar-refractivity contribution in [2.45, 2.75) is 26.2 Å². The number of hydrogen-bond donors (Lipinski definition) is 0. The zero-order valence-corrected chi connectivity index (χ0v) is 18.8. The molecule has 0 spiro atoms. The molecule has 0 amide bonds. The number of anilines is 1. The summed E-state index contributed by atoms with van der Waals surface area (Å²) in [6.45, 7) is 9.42. The van der Waals surface area contributed by atoms with Crippen LogP contribution in [0.5, 0.6) is 0 Å². The zero-order chi connectivity index (χ0) is 22.1. The summed E-state index contributed by atoms with van der Waals surface area (Å²) in [5.74, 6) is 1.42. The number of benzene rings is 2. The second-order valence-electron chi connectivity index (χ2n) is 8.92. The predicted octanol–water partition coefficient (Wildman–Crippen LogP) is 4.85. The molecule has 2 aromatic carbocycles. The molecular weight excluding hydrogens is 394 g/mol. The maximum absolute atomic E-state index is 9.96. The molecule has 4 aromatic rings. The molecule has 5 rings (SSSR count). The number of para-hydroxylation sites is 2. The van der Waals surface area contributed by atoms with E-state index in [-0.39, 0.29) is 5.92 Å². The van der Waals surface area contributed by atoms with Gasteiger partial charge in [0.2, 0.25) is 0 Å². The van der Waals surface area contributed by atoms with Crippen LogP contribution in [-0.2, 0) is 6.42 Å². The van der Waals surface area contributed by atoms with Gasteiger partial charge in [-0.15, -0.1) is 0 Å². The van der Waals surface area contributed by atoms with E-state index in [9.17, 15) is 5.26 Å². The van der Waals surface area contributed by atoms with Crippen LogP contribution in [-0.4, -0.2) is 47.0 Å². The lowest BCUT2D eigenvalue weighted by molar-refractivity contribution is 0.260. The van der Waals surface area contributed by atoms with E-state index in [0.717, 1.165) is 67.2 Å². The van der Waals surface area contributed by atoms with Gasteiger partial charge in [-0.05, 0) is 41.7 Å². The number of fused-ring (bicyclic) bond motifs is 3. The molecule has 2 aromatic heterocycles. The SMILES string of the molecule is CC(C)c1cc(N2CCN(CCc3ccccc3)CC2)n2c(nc3ccccc32)c1C#N. The number of piperazine rings is 1. The molecule has 0 bridgehead atoms. The average Bonchev–Trinajstić information content (AvgIpc) is 3.22. The fraction of sp³-hybridized carbons (Fsp3) is 0.333. The van der Waals surface area contributed by atoms with Gasteiger partial charge in [0.1, 0.15) is 11.9 Å². The van der Waals surface area contributed by atoms with Gasteiger partial charge in [0.25, 0.3) is 0 Å². The van der Waals surface area contributed by atoms with Gasteiger partial charge in [-0.2, -0.15) is 5.26 Å². The van der Waals surface area contributed by atoms with Crippen LogP contribution in [0.3, 0.4) is 0 Å². The van der Waals surface area contributed by atoms with E-state index in [1.165, 1.54) is 5.56 Å². The molecule has 5 nitrogen and oxygen atoms in total. The zero-order valence-electron chi connectivity index (χ0n) is 18.8. The van der Waals surface area contributed by atoms with Crippen molar-refractivity contribution in [2.24, 2.45) is 0 Å². The van der Waals surface area contributed by atoms with Crippen molar-refractivity contribution in [3.8, 4) is 6.07 Å². The van der Waals surface area contributed by atoms with Gasteiger partial charge in [0, 0.05) is 32.7 Å². The molecule has 1 aliphatic heterocycles. The molecule has 1 fully saturated rings. The van der Waals surface area contributed by atoms with Crippen LogP contribution in [0, 0.1) is 11.3 Å². The molecule has 0 saturated carbocycles. The number of rotatable bonds is 5. The van der Waals surface area contributed by atoms with Gasteiger partial charge in [0.05, 0.1) is 16.6 Å². The summed E-state index contributed by atoms with van der Waals surface area (Å²) in [6, 6.07) is 23.6. The summed E-state index contributed by atoms with van der Waals surface area (Å²) >= 11 is 0. The molecule has 0 unspecified atom stereocenters. The summed E-state index contributed by atoms with van der Waals surface area (Å²) in [4.78, 5) is 9.89. The van der Waals surface area contributed by atoms with E-state index in [2.05, 4.69) is 76.6 Å². The van der Waals surface area contributed by atoms with Crippen molar-refractivity contribution < 1.29 is 0 Å². The first-order valence-corrected chi connectivity index (χ1v) is 11.5. The van der Waals surface area contributed by atoms with Crippen molar-refractivity contribution in [2.75, 3.05) is 37.6 Å². The minimum atomic E-state index is 0.264. The van der Waals surface area contributed by atoms with Crippen LogP contribution in [0.4, 0.5) is 5.82 Å². The highest BCUT2D eigenvalue weighted by Crippen LogP contribution is 2.32. The van der Waals surface area contributed by atoms with E-state index in [0.29, 0.717) is 5.56 Å². The normalized spacial score (nSPS) is 15.0. The highest BCUT2D eigenvalue weighted by atomic mass is 15.3. The van der Waals surface area contributed by atoms with Crippen molar-refractivity contribution in [3.63, 3.8) is 0 Å². The minimum absolute atomic E-state index is 0.264. The van der Waals surface area contributed by atoms with E-state index in [1.54, 1.807) is 0 Å². The highest BCUT2D eigenvalue weighted by Gasteiger charge is 2.24. The first kappa shape index (κ1) is 20.5. The lowest BCUT2D eigenvalue weighted by Gasteiger charge is -2.36. The van der Waals surface area contributed by atoms with Gasteiger partial charge in [-0.1, -0.05) is 56.3 Å². The summed E-state index contributed by atoms with van der Waals surface area (Å²) in [7, 11) is 0. The Bertz CT molecular complexity index is 1270. The monoisotopic (exact) mass is 423 g/mol. The van der Waals surface area contributed by atoms with Crippen LogP contribution in [0.15, 0.2) is 60.7 Å². The van der Waals surface area contributed by atoms with Crippen molar-refractivity contribution in [1.82, 2.24) is 14.3 Å². The molecule has 5 heteroatoms. The molecule has 32 heavy (non-hydrogen) atoms. The molecule has 1 saturated heterocycles. The number of aromatic nitrogens is 2. The van der Waals surface area contributed by atoms with E-state index < -0.39 is 0 Å². The third-order valence-electron chi connectivity index (χ3n) is 6.58. The smallest absolute Gasteiger partial charge is 0.157 e. The van der Waals surface area contributed by atoms with Crippen molar-refractivity contribution in [1.29, 1.82) is 5.26 Å². The highest BCUT2D eigenvalue weighted by molar-refractivity contribution is 5.85. The first-order valence-electron chi connectivity index (χ1n) is 11.5. The number of pyridine rings is 1. The average molecular weight is 424 g/mol. The molecular formula is C27H29N5. The van der Waals surface area contributed by atoms with E-state index >= 15 is 0 Å². The van der Waals surface area contributed by atoms with Crippen LogP contribution in [0.25, 0.3) is 16.7 Å². The van der Waals surface area contributed by atoms with Crippen LogP contribution >= 0.6 is 0 Å². The molecule has 1 aliphatic rings. The molecule has 162 valence electrons. The van der Waals surface area contributed by atoms with Crippen LogP contribution in [0.1, 0.15) is 36.5 Å². The van der Waals surface area contributed by atoms with Gasteiger partial charge < -0.3 is 4.90 Å². The minimum Gasteiger partial charge on any atom is -0.355 e. The Labute approximate surface area is 189 Å². The fourth-order valence-electron chi connectivity index (χ4n) is 4.77. The number of hydrogen-bond acceptors (Lipinski definition) is 4. The summed E-state index contributed by atoms with van der Waals surface area (Å²) in [5, 5.41) is 9.96. The predicted molar refractivity (Wildman–Crippen MR) is 130 cm³/mol. The summed E-state index contributed by atoms with van der Waals surface area (Å²) < 4.78 is 2.19. The van der Waals surface area contributed by atoms with Gasteiger partial charge in [-0.25, -0.2) is 4.98 Å². The Morgan fingerprint density at radius 2 is 1.69 bits per heavy atom. The van der Waals surface area contributed by atoms with E-state index in [1.807, 2.05) is 18.2 Å². The number of imidazole rings is 1. The lowest BCUT2D eigenvalue weighted by atomic mass is 9.98. The van der Waals surface area contributed by atoms with Gasteiger partial charge >= 0.3 is 0 Å². The van der Waals surface area contributed by atoms with Gasteiger partial charge in [0.15, 0.2) is 5.65 Å². The Morgan fingerprint density at radius 3 is 2.41 bits per heavy atom. The Hall–Kier alpha value is -3.36. The number of nitrogens with zero attached hydrogens (tertiary/aromatic N) is 5. The first-order chi connectivity index (χ1) is 15.7.